The number of amides is 2. The average molecular weight is 454 g/mol. The number of sulfonamides is 1. The Balaban J connectivity index is 1.66. The lowest BCUT2D eigenvalue weighted by atomic mass is 10.2. The molecule has 0 aliphatic carbocycles. The van der Waals surface area contributed by atoms with Gasteiger partial charge in [0.2, 0.25) is 5.91 Å². The zero-order valence-electron chi connectivity index (χ0n) is 17.5. The van der Waals surface area contributed by atoms with E-state index in [0.29, 0.717) is 17.0 Å². The molecule has 1 unspecified atom stereocenters. The number of hydrogen-bond acceptors (Lipinski definition) is 5. The molecule has 0 saturated carbocycles. The smallest absolute Gasteiger partial charge is 0.261 e. The number of benzene rings is 3. The van der Waals surface area contributed by atoms with Gasteiger partial charge in [0.25, 0.3) is 15.9 Å². The number of carbonyl (C=O) groups is 2. The van der Waals surface area contributed by atoms with Crippen LogP contribution in [0.4, 0.5) is 11.4 Å². The van der Waals surface area contributed by atoms with Gasteiger partial charge in [-0.05, 0) is 61.5 Å². The summed E-state index contributed by atoms with van der Waals surface area (Å²) in [7, 11) is -2.36. The lowest BCUT2D eigenvalue weighted by Gasteiger charge is -2.15. The monoisotopic (exact) mass is 453 g/mol. The van der Waals surface area contributed by atoms with E-state index in [2.05, 4.69) is 15.4 Å². The molecule has 0 aliphatic heterocycles. The van der Waals surface area contributed by atoms with Gasteiger partial charge in [-0.1, -0.05) is 24.3 Å². The molecule has 0 aromatic heterocycles. The third-order valence-electron chi connectivity index (χ3n) is 4.53. The van der Waals surface area contributed by atoms with E-state index in [1.54, 1.807) is 67.6 Å². The van der Waals surface area contributed by atoms with Gasteiger partial charge in [-0.25, -0.2) is 8.42 Å². The number of rotatable bonds is 8. The van der Waals surface area contributed by atoms with Gasteiger partial charge in [0.1, 0.15) is 11.8 Å². The van der Waals surface area contributed by atoms with Crippen molar-refractivity contribution in [2.24, 2.45) is 0 Å². The Bertz CT molecular complexity index is 1200. The first kappa shape index (κ1) is 22.8. The summed E-state index contributed by atoms with van der Waals surface area (Å²) in [5, 5.41) is 5.24. The van der Waals surface area contributed by atoms with Crippen molar-refractivity contribution in [3.8, 4) is 5.75 Å². The van der Waals surface area contributed by atoms with Crippen LogP contribution in [0.3, 0.4) is 0 Å². The molecule has 3 aromatic carbocycles. The van der Waals surface area contributed by atoms with E-state index in [9.17, 15) is 18.0 Å². The number of methoxy groups -OCH3 is 1. The molecule has 3 rings (SSSR count). The van der Waals surface area contributed by atoms with Crippen LogP contribution in [0.5, 0.6) is 5.75 Å². The highest BCUT2D eigenvalue weighted by Crippen LogP contribution is 2.21. The highest BCUT2D eigenvalue weighted by atomic mass is 32.2. The van der Waals surface area contributed by atoms with Crippen LogP contribution in [0.25, 0.3) is 0 Å². The Morgan fingerprint density at radius 1 is 0.875 bits per heavy atom. The van der Waals surface area contributed by atoms with Crippen molar-refractivity contribution in [1.82, 2.24) is 5.32 Å². The van der Waals surface area contributed by atoms with Crippen LogP contribution in [-0.4, -0.2) is 33.4 Å². The Morgan fingerprint density at radius 2 is 1.56 bits per heavy atom. The van der Waals surface area contributed by atoms with Gasteiger partial charge in [-0.15, -0.1) is 0 Å². The summed E-state index contributed by atoms with van der Waals surface area (Å²) in [6.07, 6.45) is 0. The van der Waals surface area contributed by atoms with E-state index in [1.165, 1.54) is 25.3 Å². The van der Waals surface area contributed by atoms with Crippen LogP contribution in [0.1, 0.15) is 17.3 Å². The second kappa shape index (κ2) is 9.97. The van der Waals surface area contributed by atoms with Crippen molar-refractivity contribution in [2.75, 3.05) is 17.1 Å². The Hall–Kier alpha value is -3.85. The molecule has 3 aromatic rings. The molecule has 1 atom stereocenters. The molecule has 32 heavy (non-hydrogen) atoms. The Morgan fingerprint density at radius 3 is 2.22 bits per heavy atom. The van der Waals surface area contributed by atoms with Crippen molar-refractivity contribution in [2.45, 2.75) is 17.9 Å². The van der Waals surface area contributed by atoms with Crippen molar-refractivity contribution in [3.63, 3.8) is 0 Å². The molecule has 8 nitrogen and oxygen atoms in total. The van der Waals surface area contributed by atoms with E-state index < -0.39 is 22.0 Å². The molecule has 0 fully saturated rings. The number of carbonyl (C=O) groups excluding carboxylic acids is 2. The first-order valence-electron chi connectivity index (χ1n) is 9.72. The molecule has 166 valence electrons. The zero-order chi connectivity index (χ0) is 23.1. The summed E-state index contributed by atoms with van der Waals surface area (Å²) in [5.41, 5.74) is 1.09. The van der Waals surface area contributed by atoms with Crippen LogP contribution in [0.2, 0.25) is 0 Å². The molecular formula is C23H23N3O5S. The minimum atomic E-state index is -3.88. The third kappa shape index (κ3) is 5.86. The normalized spacial score (nSPS) is 11.8. The summed E-state index contributed by atoms with van der Waals surface area (Å²) < 4.78 is 33.0. The lowest BCUT2D eigenvalue weighted by Crippen LogP contribution is -2.41. The van der Waals surface area contributed by atoms with E-state index in [1.807, 2.05) is 0 Å². The van der Waals surface area contributed by atoms with Gasteiger partial charge < -0.3 is 15.4 Å². The lowest BCUT2D eigenvalue weighted by molar-refractivity contribution is -0.117. The molecule has 0 saturated heterocycles. The Kier molecular flexibility index (Phi) is 7.11. The predicted molar refractivity (Wildman–Crippen MR) is 122 cm³/mol. The fourth-order valence-corrected chi connectivity index (χ4v) is 3.90. The molecule has 3 N–H and O–H groups in total. The first-order valence-corrected chi connectivity index (χ1v) is 11.2. The molecule has 2 amide bonds. The third-order valence-corrected chi connectivity index (χ3v) is 5.91. The number of anilines is 2. The molecule has 0 radical (unpaired) electrons. The van der Waals surface area contributed by atoms with Crippen molar-refractivity contribution >= 4 is 33.2 Å². The largest absolute Gasteiger partial charge is 0.497 e. The van der Waals surface area contributed by atoms with Crippen LogP contribution < -0.4 is 20.1 Å². The first-order chi connectivity index (χ1) is 15.3. The SMILES string of the molecule is COc1ccc(NS(=O)(=O)c2cccc(NC(=O)C(C)NC(=O)c3ccccc3)c2)cc1. The fourth-order valence-electron chi connectivity index (χ4n) is 2.80. The van der Waals surface area contributed by atoms with Crippen molar-refractivity contribution in [1.29, 1.82) is 0 Å². The fraction of sp³-hybridized carbons (Fsp3) is 0.130. The van der Waals surface area contributed by atoms with Gasteiger partial charge >= 0.3 is 0 Å². The number of nitrogens with one attached hydrogen (secondary N) is 3. The highest BCUT2D eigenvalue weighted by Gasteiger charge is 2.19. The average Bonchev–Trinajstić information content (AvgIpc) is 2.80. The van der Waals surface area contributed by atoms with Gasteiger partial charge in [0.15, 0.2) is 0 Å². The summed E-state index contributed by atoms with van der Waals surface area (Å²) in [6, 6.07) is 20.0. The molecule has 0 aliphatic rings. The van der Waals surface area contributed by atoms with Crippen LogP contribution in [0.15, 0.2) is 83.8 Å². The van der Waals surface area contributed by atoms with Gasteiger partial charge in [0, 0.05) is 16.9 Å². The number of hydrogen-bond donors (Lipinski definition) is 3. The zero-order valence-corrected chi connectivity index (χ0v) is 18.3. The molecule has 0 heterocycles. The standard InChI is InChI=1S/C23H23N3O5S/c1-16(24-23(28)17-7-4-3-5-8-17)22(27)25-19-9-6-10-21(15-19)32(29,30)26-18-11-13-20(31-2)14-12-18/h3-16,26H,1-2H3,(H,24,28)(H,25,27). The van der Waals surface area contributed by atoms with Crippen LogP contribution in [0, 0.1) is 0 Å². The summed E-state index contributed by atoms with van der Waals surface area (Å²) in [6.45, 7) is 1.54. The molecular weight excluding hydrogens is 430 g/mol. The predicted octanol–water partition coefficient (Wildman–Crippen LogP) is 3.25. The van der Waals surface area contributed by atoms with Crippen molar-refractivity contribution in [3.05, 3.63) is 84.4 Å². The van der Waals surface area contributed by atoms with Crippen molar-refractivity contribution < 1.29 is 22.7 Å². The quantitative estimate of drug-likeness (QED) is 0.485. The van der Waals surface area contributed by atoms with Crippen LogP contribution >= 0.6 is 0 Å². The van der Waals surface area contributed by atoms with Gasteiger partial charge in [-0.2, -0.15) is 0 Å². The van der Waals surface area contributed by atoms with Crippen LogP contribution in [-0.2, 0) is 14.8 Å². The van der Waals surface area contributed by atoms with E-state index in [4.69, 9.17) is 4.74 Å². The number of ether oxygens (including phenoxy) is 1. The van der Waals surface area contributed by atoms with E-state index >= 15 is 0 Å². The molecule has 0 bridgehead atoms. The van der Waals surface area contributed by atoms with E-state index in [0.717, 1.165) is 0 Å². The molecule has 9 heteroatoms. The van der Waals surface area contributed by atoms with E-state index in [-0.39, 0.29) is 16.5 Å². The summed E-state index contributed by atoms with van der Waals surface area (Å²) in [5.74, 6) is -0.258. The summed E-state index contributed by atoms with van der Waals surface area (Å²) >= 11 is 0. The second-order valence-corrected chi connectivity index (χ2v) is 8.59. The molecule has 0 spiro atoms. The minimum absolute atomic E-state index is 0.0212. The topological polar surface area (TPSA) is 114 Å². The summed E-state index contributed by atoms with van der Waals surface area (Å²) in [4.78, 5) is 24.7. The second-order valence-electron chi connectivity index (χ2n) is 6.91. The minimum Gasteiger partial charge on any atom is -0.497 e. The maximum atomic E-state index is 12.7. The highest BCUT2D eigenvalue weighted by molar-refractivity contribution is 7.92. The Labute approximate surface area is 186 Å². The van der Waals surface area contributed by atoms with Gasteiger partial charge in [-0.3, -0.25) is 14.3 Å². The maximum absolute atomic E-state index is 12.7. The van der Waals surface area contributed by atoms with Gasteiger partial charge in [0.05, 0.1) is 12.0 Å². The maximum Gasteiger partial charge on any atom is 0.261 e.